The lowest BCUT2D eigenvalue weighted by Gasteiger charge is -2.29. The van der Waals surface area contributed by atoms with E-state index in [0.29, 0.717) is 12.1 Å². The van der Waals surface area contributed by atoms with Crippen LogP contribution in [-0.2, 0) is 20.1 Å². The zero-order valence-corrected chi connectivity index (χ0v) is 20.4. The molecule has 1 fully saturated rings. The molecule has 2 heterocycles. The Balaban J connectivity index is 1.57. The molecule has 7 nitrogen and oxygen atoms in total. The molecular formula is C23H19Cl2F4N3O4. The van der Waals surface area contributed by atoms with Gasteiger partial charge in [0.25, 0.3) is 17.4 Å². The number of carbonyl (C=O) groups excluding carboxylic acids is 2. The lowest BCUT2D eigenvalue weighted by Crippen LogP contribution is -2.43. The topological polar surface area (TPSA) is 80.2 Å². The summed E-state index contributed by atoms with van der Waals surface area (Å²) in [6.45, 7) is 3.66. The highest BCUT2D eigenvalue weighted by atomic mass is 35.5. The molecule has 4 rings (SSSR count). The van der Waals surface area contributed by atoms with Crippen LogP contribution < -0.4 is 5.32 Å². The first kappa shape index (κ1) is 26.2. The fourth-order valence-electron chi connectivity index (χ4n) is 4.00. The summed E-state index contributed by atoms with van der Waals surface area (Å²) in [6.07, 6.45) is -5.68. The van der Waals surface area contributed by atoms with Gasteiger partial charge in [-0.15, -0.1) is 0 Å². The third-order valence-corrected chi connectivity index (χ3v) is 6.52. The number of hydroxylamine groups is 2. The molecule has 192 valence electrons. The average molecular weight is 548 g/mol. The zero-order chi connectivity index (χ0) is 26.4. The van der Waals surface area contributed by atoms with Gasteiger partial charge in [-0.2, -0.15) is 13.2 Å². The molecule has 1 N–H and O–H groups in total. The van der Waals surface area contributed by atoms with Crippen LogP contribution in [-0.4, -0.2) is 48.0 Å². The molecule has 0 spiro atoms. The number of nitrogens with one attached hydrogen (secondary N) is 1. The van der Waals surface area contributed by atoms with E-state index in [2.05, 4.69) is 10.5 Å². The van der Waals surface area contributed by atoms with Gasteiger partial charge in [0.15, 0.2) is 5.82 Å². The number of benzene rings is 2. The predicted octanol–water partition coefficient (Wildman–Crippen LogP) is 4.92. The Bertz CT molecular complexity index is 1250. The number of likely N-dealkylation sites (N-methyl/N-ethyl adjacent to an activating group) is 1. The van der Waals surface area contributed by atoms with Crippen LogP contribution in [0.15, 0.2) is 35.5 Å². The number of oxime groups is 1. The first-order valence-corrected chi connectivity index (χ1v) is 11.5. The van der Waals surface area contributed by atoms with Gasteiger partial charge in [0.05, 0.1) is 15.8 Å². The van der Waals surface area contributed by atoms with Crippen molar-refractivity contribution in [3.63, 3.8) is 0 Å². The summed E-state index contributed by atoms with van der Waals surface area (Å²) in [7, 11) is 0. The lowest BCUT2D eigenvalue weighted by atomic mass is 9.86. The predicted molar refractivity (Wildman–Crippen MR) is 122 cm³/mol. The van der Waals surface area contributed by atoms with Gasteiger partial charge in [0, 0.05) is 24.1 Å². The molecule has 2 aromatic carbocycles. The first-order valence-electron chi connectivity index (χ1n) is 10.7. The Labute approximate surface area is 212 Å². The fraction of sp³-hybridized carbons (Fsp3) is 0.348. The Morgan fingerprint density at radius 2 is 1.92 bits per heavy atom. The first-order chi connectivity index (χ1) is 16.9. The van der Waals surface area contributed by atoms with Crippen molar-refractivity contribution in [3.8, 4) is 0 Å². The van der Waals surface area contributed by atoms with Gasteiger partial charge in [-0.05, 0) is 49.2 Å². The number of aryl methyl sites for hydroxylation is 1. The molecule has 0 bridgehead atoms. The van der Waals surface area contributed by atoms with Gasteiger partial charge in [-0.1, -0.05) is 34.4 Å². The summed E-state index contributed by atoms with van der Waals surface area (Å²) in [5, 5.41) is 6.23. The third kappa shape index (κ3) is 4.51. The van der Waals surface area contributed by atoms with E-state index in [0.717, 1.165) is 17.2 Å². The van der Waals surface area contributed by atoms with E-state index in [9.17, 15) is 27.2 Å². The Hall–Kier alpha value is -2.89. The van der Waals surface area contributed by atoms with Crippen LogP contribution in [0.2, 0.25) is 10.0 Å². The molecule has 1 saturated heterocycles. The third-order valence-electron chi connectivity index (χ3n) is 5.97. The summed E-state index contributed by atoms with van der Waals surface area (Å²) < 4.78 is 56.4. The monoisotopic (exact) mass is 547 g/mol. The highest BCUT2D eigenvalue weighted by Crippen LogP contribution is 2.50. The second-order valence-electron chi connectivity index (χ2n) is 8.27. The molecule has 2 aromatic rings. The van der Waals surface area contributed by atoms with E-state index in [1.54, 1.807) is 13.8 Å². The highest BCUT2D eigenvalue weighted by Gasteiger charge is 2.62. The number of hydrogen-bond acceptors (Lipinski definition) is 5. The molecular weight excluding hydrogens is 529 g/mol. The average Bonchev–Trinajstić information content (AvgIpc) is 3.42. The quantitative estimate of drug-likeness (QED) is 0.426. The molecule has 2 aliphatic rings. The van der Waals surface area contributed by atoms with Crippen LogP contribution in [0, 0.1) is 12.7 Å². The van der Waals surface area contributed by atoms with Crippen LogP contribution in [0.25, 0.3) is 0 Å². The van der Waals surface area contributed by atoms with E-state index >= 15 is 0 Å². The molecule has 1 unspecified atom stereocenters. The minimum Gasteiger partial charge on any atom is -0.374 e. The molecule has 0 saturated carbocycles. The minimum atomic E-state index is -4.94. The van der Waals surface area contributed by atoms with E-state index in [1.165, 1.54) is 18.2 Å². The van der Waals surface area contributed by atoms with Crippen LogP contribution in [0.1, 0.15) is 40.4 Å². The summed E-state index contributed by atoms with van der Waals surface area (Å²) in [5.74, 6) is -1.96. The van der Waals surface area contributed by atoms with Gasteiger partial charge >= 0.3 is 6.18 Å². The van der Waals surface area contributed by atoms with Gasteiger partial charge < -0.3 is 10.2 Å². The summed E-state index contributed by atoms with van der Waals surface area (Å²) >= 11 is 11.5. The number of rotatable bonds is 5. The van der Waals surface area contributed by atoms with Crippen molar-refractivity contribution in [2.45, 2.75) is 38.1 Å². The van der Waals surface area contributed by atoms with Crippen LogP contribution in [0.3, 0.4) is 0 Å². The lowest BCUT2D eigenvalue weighted by molar-refractivity contribution is -0.275. The maximum absolute atomic E-state index is 14.2. The van der Waals surface area contributed by atoms with Gasteiger partial charge in [0.2, 0.25) is 0 Å². The van der Waals surface area contributed by atoms with E-state index in [4.69, 9.17) is 32.9 Å². The Morgan fingerprint density at radius 1 is 1.25 bits per heavy atom. The normalized spacial score (nSPS) is 22.0. The van der Waals surface area contributed by atoms with Gasteiger partial charge in [-0.3, -0.25) is 14.4 Å². The largest absolute Gasteiger partial charge is 0.435 e. The molecule has 36 heavy (non-hydrogen) atoms. The maximum atomic E-state index is 14.2. The number of amides is 2. The number of nitrogens with zero attached hydrogens (tertiary/aromatic N) is 2. The van der Waals surface area contributed by atoms with Crippen molar-refractivity contribution in [1.82, 2.24) is 10.4 Å². The van der Waals surface area contributed by atoms with Crippen molar-refractivity contribution < 1.29 is 36.8 Å². The van der Waals surface area contributed by atoms with E-state index in [1.807, 2.05) is 0 Å². The van der Waals surface area contributed by atoms with Crippen LogP contribution in [0.4, 0.5) is 17.6 Å². The Kier molecular flexibility index (Phi) is 6.93. The Morgan fingerprint density at radius 3 is 2.47 bits per heavy atom. The minimum absolute atomic E-state index is 0.000628. The fourth-order valence-corrected chi connectivity index (χ4v) is 4.49. The smallest absolute Gasteiger partial charge is 0.374 e. The molecule has 2 aliphatic heterocycles. The molecule has 0 aromatic heterocycles. The second-order valence-corrected chi connectivity index (χ2v) is 9.08. The van der Waals surface area contributed by atoms with Crippen molar-refractivity contribution in [2.24, 2.45) is 5.16 Å². The van der Waals surface area contributed by atoms with Crippen molar-refractivity contribution in [2.75, 3.05) is 13.2 Å². The molecule has 0 aliphatic carbocycles. The van der Waals surface area contributed by atoms with Crippen molar-refractivity contribution in [1.29, 1.82) is 0 Å². The van der Waals surface area contributed by atoms with E-state index < -0.39 is 51.6 Å². The second kappa shape index (κ2) is 9.53. The summed E-state index contributed by atoms with van der Waals surface area (Å²) in [4.78, 5) is 35.0. The molecule has 0 radical (unpaired) electrons. The molecule has 2 atom stereocenters. The number of carbonyl (C=O) groups is 2. The highest BCUT2D eigenvalue weighted by molar-refractivity contribution is 6.35. The van der Waals surface area contributed by atoms with Crippen LogP contribution in [0.5, 0.6) is 0 Å². The van der Waals surface area contributed by atoms with Gasteiger partial charge in [0.1, 0.15) is 12.6 Å². The van der Waals surface area contributed by atoms with Gasteiger partial charge in [-0.25, -0.2) is 9.45 Å². The number of alkyl halides is 3. The summed E-state index contributed by atoms with van der Waals surface area (Å²) in [5.41, 5.74) is -2.53. The maximum Gasteiger partial charge on any atom is 0.435 e. The molecule has 13 heteroatoms. The standard InChI is InChI=1S/C23H19Cl2F4N3O4/c1-3-32-21(34)18(10-35-32)30-20(33)14-5-4-12(6-11(14)2)17-9-22(36-31-17,23(27,28)29)13-7-15(24)19(26)16(25)8-13/h4-8,18H,3,9-10H2,1-2H3,(H,30,33)/t18-,22?/m0/s1. The zero-order valence-electron chi connectivity index (χ0n) is 18.9. The number of hydrogen-bond donors (Lipinski definition) is 1. The van der Waals surface area contributed by atoms with Crippen molar-refractivity contribution >= 4 is 40.7 Å². The summed E-state index contributed by atoms with van der Waals surface area (Å²) in [6, 6.07) is 5.10. The number of halogens is 6. The van der Waals surface area contributed by atoms with E-state index in [-0.39, 0.29) is 29.4 Å². The van der Waals surface area contributed by atoms with Crippen LogP contribution >= 0.6 is 23.2 Å². The molecule has 2 amide bonds. The van der Waals surface area contributed by atoms with Crippen molar-refractivity contribution in [3.05, 3.63) is 68.4 Å². The SMILES string of the molecule is CCN1OC[C@H](NC(=O)c2ccc(C3=NOC(c4cc(Cl)c(F)c(Cl)c4)(C(F)(F)F)C3)cc2C)C1=O.